The SMILES string of the molecule is CC1CN(C2CCN(C(C)C)C2)CCN1. The zero-order valence-corrected chi connectivity index (χ0v) is 10.4. The van der Waals surface area contributed by atoms with Crippen molar-refractivity contribution in [1.82, 2.24) is 15.1 Å². The van der Waals surface area contributed by atoms with E-state index in [2.05, 4.69) is 35.9 Å². The summed E-state index contributed by atoms with van der Waals surface area (Å²) in [6.07, 6.45) is 1.37. The van der Waals surface area contributed by atoms with E-state index in [0.29, 0.717) is 6.04 Å². The van der Waals surface area contributed by atoms with Gasteiger partial charge in [-0.15, -0.1) is 0 Å². The van der Waals surface area contributed by atoms with Crippen molar-refractivity contribution in [3.05, 3.63) is 0 Å². The van der Waals surface area contributed by atoms with E-state index in [4.69, 9.17) is 0 Å². The van der Waals surface area contributed by atoms with Gasteiger partial charge in [-0.25, -0.2) is 0 Å². The molecule has 2 rings (SSSR count). The molecule has 2 unspecified atom stereocenters. The Hall–Kier alpha value is -0.120. The van der Waals surface area contributed by atoms with Crippen molar-refractivity contribution in [2.75, 3.05) is 32.7 Å². The molecule has 0 bridgehead atoms. The summed E-state index contributed by atoms with van der Waals surface area (Å²) in [6, 6.07) is 2.21. The third-order valence-electron chi connectivity index (χ3n) is 3.84. The summed E-state index contributed by atoms with van der Waals surface area (Å²) in [7, 11) is 0. The van der Waals surface area contributed by atoms with Gasteiger partial charge < -0.3 is 5.32 Å². The summed E-state index contributed by atoms with van der Waals surface area (Å²) in [4.78, 5) is 5.29. The molecule has 2 fully saturated rings. The predicted molar refractivity (Wildman–Crippen MR) is 64.2 cm³/mol. The highest BCUT2D eigenvalue weighted by atomic mass is 15.3. The van der Waals surface area contributed by atoms with Gasteiger partial charge in [0.25, 0.3) is 0 Å². The van der Waals surface area contributed by atoms with E-state index in [1.54, 1.807) is 0 Å². The molecular weight excluding hydrogens is 186 g/mol. The molecule has 15 heavy (non-hydrogen) atoms. The lowest BCUT2D eigenvalue weighted by molar-refractivity contribution is 0.144. The second kappa shape index (κ2) is 4.81. The molecule has 0 aromatic carbocycles. The van der Waals surface area contributed by atoms with Crippen molar-refractivity contribution in [3.8, 4) is 0 Å². The maximum atomic E-state index is 3.51. The summed E-state index contributed by atoms with van der Waals surface area (Å²) < 4.78 is 0. The van der Waals surface area contributed by atoms with Crippen molar-refractivity contribution >= 4 is 0 Å². The summed E-state index contributed by atoms with van der Waals surface area (Å²) >= 11 is 0. The summed E-state index contributed by atoms with van der Waals surface area (Å²) in [5.74, 6) is 0. The van der Waals surface area contributed by atoms with Crippen LogP contribution in [0.4, 0.5) is 0 Å². The number of likely N-dealkylation sites (tertiary alicyclic amines) is 1. The zero-order chi connectivity index (χ0) is 10.8. The number of nitrogens with one attached hydrogen (secondary N) is 1. The van der Waals surface area contributed by atoms with E-state index < -0.39 is 0 Å². The van der Waals surface area contributed by atoms with Crippen LogP contribution in [0, 0.1) is 0 Å². The van der Waals surface area contributed by atoms with Crippen LogP contribution < -0.4 is 5.32 Å². The van der Waals surface area contributed by atoms with Crippen molar-refractivity contribution in [1.29, 1.82) is 0 Å². The van der Waals surface area contributed by atoms with Gasteiger partial charge >= 0.3 is 0 Å². The summed E-state index contributed by atoms with van der Waals surface area (Å²) in [5, 5.41) is 3.51. The average molecular weight is 211 g/mol. The summed E-state index contributed by atoms with van der Waals surface area (Å²) in [5.41, 5.74) is 0. The van der Waals surface area contributed by atoms with E-state index in [0.717, 1.165) is 12.1 Å². The number of rotatable bonds is 2. The van der Waals surface area contributed by atoms with Crippen LogP contribution in [0.3, 0.4) is 0 Å². The van der Waals surface area contributed by atoms with Crippen molar-refractivity contribution in [3.63, 3.8) is 0 Å². The van der Waals surface area contributed by atoms with E-state index >= 15 is 0 Å². The quantitative estimate of drug-likeness (QED) is 0.727. The molecule has 3 nitrogen and oxygen atoms in total. The fraction of sp³-hybridized carbons (Fsp3) is 1.00. The molecule has 0 amide bonds. The fourth-order valence-electron chi connectivity index (χ4n) is 2.83. The first kappa shape index (κ1) is 11.4. The molecule has 0 aromatic heterocycles. The molecule has 2 aliphatic heterocycles. The monoisotopic (exact) mass is 211 g/mol. The Morgan fingerprint density at radius 3 is 2.60 bits per heavy atom. The third-order valence-corrected chi connectivity index (χ3v) is 3.84. The van der Waals surface area contributed by atoms with E-state index in [-0.39, 0.29) is 0 Å². The van der Waals surface area contributed by atoms with Crippen molar-refractivity contribution in [2.24, 2.45) is 0 Å². The van der Waals surface area contributed by atoms with Crippen LogP contribution >= 0.6 is 0 Å². The van der Waals surface area contributed by atoms with Gasteiger partial charge in [0.1, 0.15) is 0 Å². The van der Waals surface area contributed by atoms with Crippen LogP contribution in [0.5, 0.6) is 0 Å². The van der Waals surface area contributed by atoms with Crippen LogP contribution in [-0.2, 0) is 0 Å². The van der Waals surface area contributed by atoms with Gasteiger partial charge in [-0.2, -0.15) is 0 Å². The van der Waals surface area contributed by atoms with Gasteiger partial charge in [-0.3, -0.25) is 9.80 Å². The fourth-order valence-corrected chi connectivity index (χ4v) is 2.83. The maximum absolute atomic E-state index is 3.51. The van der Waals surface area contributed by atoms with Gasteiger partial charge in [0.15, 0.2) is 0 Å². The molecule has 0 radical (unpaired) electrons. The third kappa shape index (κ3) is 2.71. The molecule has 88 valence electrons. The lowest BCUT2D eigenvalue weighted by Crippen LogP contribution is -2.53. The molecule has 3 heteroatoms. The Morgan fingerprint density at radius 2 is 2.00 bits per heavy atom. The minimum absolute atomic E-state index is 0.673. The zero-order valence-electron chi connectivity index (χ0n) is 10.4. The van der Waals surface area contributed by atoms with Crippen molar-refractivity contribution in [2.45, 2.75) is 45.3 Å². The smallest absolute Gasteiger partial charge is 0.0236 e. The lowest BCUT2D eigenvalue weighted by atomic mass is 10.1. The molecule has 0 saturated carbocycles. The van der Waals surface area contributed by atoms with Gasteiger partial charge in [0.05, 0.1) is 0 Å². The Labute approximate surface area is 93.8 Å². The first-order valence-electron chi connectivity index (χ1n) is 6.38. The Bertz CT molecular complexity index is 205. The molecule has 0 aliphatic carbocycles. The molecule has 0 spiro atoms. The topological polar surface area (TPSA) is 18.5 Å². The van der Waals surface area contributed by atoms with Crippen LogP contribution in [0.2, 0.25) is 0 Å². The minimum Gasteiger partial charge on any atom is -0.312 e. The molecule has 2 saturated heterocycles. The van der Waals surface area contributed by atoms with E-state index in [1.165, 1.54) is 39.1 Å². The molecule has 1 N–H and O–H groups in total. The summed E-state index contributed by atoms with van der Waals surface area (Å²) in [6.45, 7) is 13.1. The van der Waals surface area contributed by atoms with Gasteiger partial charge in [0, 0.05) is 50.8 Å². The normalized spacial score (nSPS) is 35.2. The largest absolute Gasteiger partial charge is 0.312 e. The average Bonchev–Trinajstić information content (AvgIpc) is 2.66. The molecular formula is C12H25N3. The standard InChI is InChI=1S/C12H25N3/c1-10(2)14-6-4-12(9-14)15-7-5-13-11(3)8-15/h10-13H,4-9H2,1-3H3. The van der Waals surface area contributed by atoms with Gasteiger partial charge in [-0.1, -0.05) is 0 Å². The molecule has 2 atom stereocenters. The molecule has 2 aliphatic rings. The maximum Gasteiger partial charge on any atom is 0.0236 e. The van der Waals surface area contributed by atoms with Crippen LogP contribution in [0.1, 0.15) is 27.2 Å². The van der Waals surface area contributed by atoms with E-state index in [9.17, 15) is 0 Å². The Morgan fingerprint density at radius 1 is 1.20 bits per heavy atom. The van der Waals surface area contributed by atoms with Crippen molar-refractivity contribution < 1.29 is 0 Å². The molecule has 0 aromatic rings. The van der Waals surface area contributed by atoms with Crippen LogP contribution in [0.15, 0.2) is 0 Å². The number of piperazine rings is 1. The van der Waals surface area contributed by atoms with Gasteiger partial charge in [0.2, 0.25) is 0 Å². The predicted octanol–water partition coefficient (Wildman–Crippen LogP) is 0.763. The number of hydrogen-bond donors (Lipinski definition) is 1. The minimum atomic E-state index is 0.673. The van der Waals surface area contributed by atoms with E-state index in [1.807, 2.05) is 0 Å². The van der Waals surface area contributed by atoms with Crippen LogP contribution in [-0.4, -0.2) is 60.6 Å². The second-order valence-corrected chi connectivity index (χ2v) is 5.38. The first-order chi connectivity index (χ1) is 7.16. The van der Waals surface area contributed by atoms with Crippen LogP contribution in [0.25, 0.3) is 0 Å². The highest BCUT2D eigenvalue weighted by molar-refractivity contribution is 4.88. The first-order valence-corrected chi connectivity index (χ1v) is 6.38. The highest BCUT2D eigenvalue weighted by Crippen LogP contribution is 2.18. The highest BCUT2D eigenvalue weighted by Gasteiger charge is 2.30. The lowest BCUT2D eigenvalue weighted by Gasteiger charge is -2.36. The Kier molecular flexibility index (Phi) is 3.65. The van der Waals surface area contributed by atoms with Gasteiger partial charge in [-0.05, 0) is 27.2 Å². The number of nitrogens with zero attached hydrogens (tertiary/aromatic N) is 2. The Balaban J connectivity index is 1.84. The second-order valence-electron chi connectivity index (χ2n) is 5.38. The number of hydrogen-bond acceptors (Lipinski definition) is 3. The molecule has 2 heterocycles.